The van der Waals surface area contributed by atoms with Crippen LogP contribution in [0.5, 0.6) is 0 Å². The third kappa shape index (κ3) is 2.81. The maximum absolute atomic E-state index is 5.65. The molecule has 0 bridgehead atoms. The van der Waals surface area contributed by atoms with Crippen LogP contribution in [0.25, 0.3) is 0 Å². The highest BCUT2D eigenvalue weighted by Crippen LogP contribution is 2.29. The Morgan fingerprint density at radius 3 is 3.25 bits per heavy atom. The van der Waals surface area contributed by atoms with E-state index in [0.717, 1.165) is 12.5 Å². The van der Waals surface area contributed by atoms with E-state index in [0.29, 0.717) is 6.04 Å². The molecule has 0 aromatic carbocycles. The first-order valence-corrected chi connectivity index (χ1v) is 7.01. The van der Waals surface area contributed by atoms with Crippen molar-refractivity contribution in [3.63, 3.8) is 0 Å². The lowest BCUT2D eigenvalue weighted by Crippen LogP contribution is -2.37. The molecule has 0 aliphatic carbocycles. The van der Waals surface area contributed by atoms with Gasteiger partial charge in [-0.05, 0) is 45.2 Å². The third-order valence-corrected chi connectivity index (χ3v) is 4.48. The van der Waals surface area contributed by atoms with Crippen molar-refractivity contribution in [2.45, 2.75) is 32.2 Å². The molecule has 90 valence electrons. The minimum atomic E-state index is 0.521. The molecule has 4 heteroatoms. The van der Waals surface area contributed by atoms with Gasteiger partial charge >= 0.3 is 0 Å². The molecule has 0 radical (unpaired) electrons. The van der Waals surface area contributed by atoms with Gasteiger partial charge in [-0.25, -0.2) is 0 Å². The molecule has 2 heterocycles. The van der Waals surface area contributed by atoms with Gasteiger partial charge < -0.3 is 5.73 Å². The van der Waals surface area contributed by atoms with E-state index < -0.39 is 0 Å². The van der Waals surface area contributed by atoms with Gasteiger partial charge in [-0.3, -0.25) is 9.88 Å². The summed E-state index contributed by atoms with van der Waals surface area (Å²) in [5.74, 6) is 0.800. The fourth-order valence-corrected chi connectivity index (χ4v) is 3.24. The van der Waals surface area contributed by atoms with Crippen molar-refractivity contribution in [1.82, 2.24) is 9.88 Å². The van der Waals surface area contributed by atoms with E-state index in [2.05, 4.69) is 16.8 Å². The minimum Gasteiger partial charge on any atom is -0.330 e. The molecule has 2 unspecified atom stereocenters. The Morgan fingerprint density at radius 2 is 2.56 bits per heavy atom. The highest BCUT2D eigenvalue weighted by atomic mass is 32.1. The van der Waals surface area contributed by atoms with Crippen molar-refractivity contribution in [1.29, 1.82) is 0 Å². The Morgan fingerprint density at radius 1 is 1.69 bits per heavy atom. The molecule has 1 aromatic rings. The number of nitrogens with zero attached hydrogens (tertiary/aromatic N) is 2. The molecule has 1 saturated heterocycles. The number of hydrogen-bond acceptors (Lipinski definition) is 4. The van der Waals surface area contributed by atoms with Crippen LogP contribution >= 0.6 is 11.3 Å². The SMILES string of the molecule is CC(c1cncs1)N1CCCC(CCN)C1. The van der Waals surface area contributed by atoms with Crippen LogP contribution in [0.1, 0.15) is 37.1 Å². The molecule has 2 atom stereocenters. The van der Waals surface area contributed by atoms with Crippen LogP contribution in [0.4, 0.5) is 0 Å². The summed E-state index contributed by atoms with van der Waals surface area (Å²) >= 11 is 1.76. The van der Waals surface area contributed by atoms with Crippen LogP contribution < -0.4 is 5.73 Å². The number of thiazole rings is 1. The summed E-state index contributed by atoms with van der Waals surface area (Å²) < 4.78 is 0. The van der Waals surface area contributed by atoms with Crippen molar-refractivity contribution >= 4 is 11.3 Å². The van der Waals surface area contributed by atoms with E-state index >= 15 is 0 Å². The molecule has 2 N–H and O–H groups in total. The predicted octanol–water partition coefficient (Wildman–Crippen LogP) is 2.26. The van der Waals surface area contributed by atoms with E-state index in [-0.39, 0.29) is 0 Å². The molecule has 0 amide bonds. The van der Waals surface area contributed by atoms with Crippen LogP contribution in [0.15, 0.2) is 11.7 Å². The largest absolute Gasteiger partial charge is 0.330 e. The molecule has 1 fully saturated rings. The molecular formula is C12H21N3S. The van der Waals surface area contributed by atoms with E-state index in [1.165, 1.54) is 37.2 Å². The van der Waals surface area contributed by atoms with Crippen molar-refractivity contribution in [3.8, 4) is 0 Å². The minimum absolute atomic E-state index is 0.521. The van der Waals surface area contributed by atoms with Gasteiger partial charge in [0, 0.05) is 23.7 Å². The summed E-state index contributed by atoms with van der Waals surface area (Å²) in [4.78, 5) is 8.13. The zero-order valence-electron chi connectivity index (χ0n) is 9.93. The van der Waals surface area contributed by atoms with Gasteiger partial charge in [0.05, 0.1) is 5.51 Å². The van der Waals surface area contributed by atoms with Gasteiger partial charge in [0.2, 0.25) is 0 Å². The normalized spacial score (nSPS) is 24.5. The quantitative estimate of drug-likeness (QED) is 0.876. The van der Waals surface area contributed by atoms with Crippen LogP contribution in [0.2, 0.25) is 0 Å². The topological polar surface area (TPSA) is 42.2 Å². The van der Waals surface area contributed by atoms with Gasteiger partial charge in [0.1, 0.15) is 0 Å². The van der Waals surface area contributed by atoms with Gasteiger partial charge in [-0.2, -0.15) is 0 Å². The first kappa shape index (κ1) is 12.0. The zero-order valence-corrected chi connectivity index (χ0v) is 10.7. The van der Waals surface area contributed by atoms with Crippen LogP contribution in [-0.4, -0.2) is 29.5 Å². The highest BCUT2D eigenvalue weighted by molar-refractivity contribution is 7.09. The summed E-state index contributed by atoms with van der Waals surface area (Å²) in [6.45, 7) is 5.54. The number of hydrogen-bond donors (Lipinski definition) is 1. The third-order valence-electron chi connectivity index (χ3n) is 3.54. The van der Waals surface area contributed by atoms with Crippen LogP contribution in [-0.2, 0) is 0 Å². The maximum Gasteiger partial charge on any atom is 0.0794 e. The van der Waals surface area contributed by atoms with Crippen LogP contribution in [0, 0.1) is 5.92 Å². The first-order chi connectivity index (χ1) is 7.81. The summed E-state index contributed by atoms with van der Waals surface area (Å²) in [7, 11) is 0. The maximum atomic E-state index is 5.65. The van der Waals surface area contributed by atoms with Gasteiger partial charge in [-0.1, -0.05) is 0 Å². The van der Waals surface area contributed by atoms with E-state index in [4.69, 9.17) is 5.73 Å². The molecule has 1 aliphatic heterocycles. The molecule has 16 heavy (non-hydrogen) atoms. The lowest BCUT2D eigenvalue weighted by atomic mass is 9.94. The Labute approximate surface area is 102 Å². The van der Waals surface area contributed by atoms with Crippen molar-refractivity contribution in [2.24, 2.45) is 11.7 Å². The van der Waals surface area contributed by atoms with E-state index in [9.17, 15) is 0 Å². The monoisotopic (exact) mass is 239 g/mol. The van der Waals surface area contributed by atoms with Gasteiger partial charge in [0.25, 0.3) is 0 Å². The van der Waals surface area contributed by atoms with Crippen LogP contribution in [0.3, 0.4) is 0 Å². The average molecular weight is 239 g/mol. The Hall–Kier alpha value is -0.450. The standard InChI is InChI=1S/C12H21N3S/c1-10(12-7-14-9-16-12)15-6-2-3-11(8-15)4-5-13/h7,9-11H,2-6,8,13H2,1H3. The van der Waals surface area contributed by atoms with Crippen molar-refractivity contribution in [2.75, 3.05) is 19.6 Å². The van der Waals surface area contributed by atoms with Crippen molar-refractivity contribution < 1.29 is 0 Å². The molecule has 2 rings (SSSR count). The fourth-order valence-electron chi connectivity index (χ4n) is 2.53. The Kier molecular flexibility index (Phi) is 4.32. The average Bonchev–Trinajstić information content (AvgIpc) is 2.82. The molecular weight excluding hydrogens is 218 g/mol. The summed E-state index contributed by atoms with van der Waals surface area (Å²) in [6, 6.07) is 0.521. The number of nitrogens with two attached hydrogens (primary N) is 1. The number of likely N-dealkylation sites (tertiary alicyclic amines) is 1. The molecule has 3 nitrogen and oxygen atoms in total. The molecule has 0 saturated carbocycles. The Bertz CT molecular complexity index is 297. The molecule has 0 spiro atoms. The number of piperidine rings is 1. The molecule has 1 aliphatic rings. The zero-order chi connectivity index (χ0) is 11.4. The lowest BCUT2D eigenvalue weighted by molar-refractivity contribution is 0.130. The Balaban J connectivity index is 1.93. The highest BCUT2D eigenvalue weighted by Gasteiger charge is 2.24. The van der Waals surface area contributed by atoms with E-state index in [1.54, 1.807) is 11.3 Å². The summed E-state index contributed by atoms with van der Waals surface area (Å²) in [6.07, 6.45) is 5.84. The molecule has 1 aromatic heterocycles. The van der Waals surface area contributed by atoms with E-state index in [1.807, 2.05) is 11.7 Å². The predicted molar refractivity (Wildman–Crippen MR) is 68.5 cm³/mol. The van der Waals surface area contributed by atoms with Gasteiger partial charge in [-0.15, -0.1) is 11.3 Å². The summed E-state index contributed by atoms with van der Waals surface area (Å²) in [5, 5.41) is 0. The van der Waals surface area contributed by atoms with Gasteiger partial charge in [0.15, 0.2) is 0 Å². The second-order valence-electron chi connectivity index (χ2n) is 4.66. The second-order valence-corrected chi connectivity index (χ2v) is 5.58. The number of rotatable bonds is 4. The fraction of sp³-hybridized carbons (Fsp3) is 0.750. The first-order valence-electron chi connectivity index (χ1n) is 6.13. The second kappa shape index (κ2) is 5.75. The lowest BCUT2D eigenvalue weighted by Gasteiger charge is -2.36. The summed E-state index contributed by atoms with van der Waals surface area (Å²) in [5.41, 5.74) is 7.57. The smallest absolute Gasteiger partial charge is 0.0794 e. The number of aromatic nitrogens is 1. The van der Waals surface area contributed by atoms with Crippen molar-refractivity contribution in [3.05, 3.63) is 16.6 Å².